The number of nitrogens with zero attached hydrogens (tertiary/aromatic N) is 2. The maximum atomic E-state index is 5.81. The van der Waals surface area contributed by atoms with E-state index in [4.69, 9.17) is 10.5 Å². The molecule has 17 heavy (non-hydrogen) atoms. The van der Waals surface area contributed by atoms with Gasteiger partial charge in [-0.05, 0) is 25.0 Å². The van der Waals surface area contributed by atoms with Gasteiger partial charge in [-0.15, -0.1) is 0 Å². The van der Waals surface area contributed by atoms with Crippen LogP contribution in [0.5, 0.6) is 10.9 Å². The number of hydrogen-bond donors (Lipinski definition) is 1. The molecular formula is C12H15N3OS. The van der Waals surface area contributed by atoms with Gasteiger partial charge in [0.15, 0.2) is 0 Å². The van der Waals surface area contributed by atoms with Crippen molar-refractivity contribution in [3.63, 3.8) is 0 Å². The lowest BCUT2D eigenvalue weighted by atomic mass is 10.2. The van der Waals surface area contributed by atoms with Gasteiger partial charge in [0.05, 0.1) is 0 Å². The first-order valence-corrected chi connectivity index (χ1v) is 6.33. The zero-order valence-corrected chi connectivity index (χ0v) is 10.8. The molecule has 4 nitrogen and oxygen atoms in total. The zero-order chi connectivity index (χ0) is 12.3. The summed E-state index contributed by atoms with van der Waals surface area (Å²) in [6.07, 6.45) is 1.92. The highest BCUT2D eigenvalue weighted by Gasteiger charge is 2.06. The summed E-state index contributed by atoms with van der Waals surface area (Å²) >= 11 is 1.27. The third-order valence-corrected chi connectivity index (χ3v) is 3.01. The van der Waals surface area contributed by atoms with Gasteiger partial charge in [0, 0.05) is 29.7 Å². The van der Waals surface area contributed by atoms with Crippen molar-refractivity contribution in [2.24, 2.45) is 0 Å². The van der Waals surface area contributed by atoms with Gasteiger partial charge in [-0.3, -0.25) is 0 Å². The van der Waals surface area contributed by atoms with Crippen LogP contribution in [-0.2, 0) is 6.42 Å². The van der Waals surface area contributed by atoms with Crippen molar-refractivity contribution in [1.82, 2.24) is 9.36 Å². The van der Waals surface area contributed by atoms with Crippen LogP contribution in [0, 0.1) is 6.92 Å². The fourth-order valence-corrected chi connectivity index (χ4v) is 1.98. The maximum absolute atomic E-state index is 5.81. The summed E-state index contributed by atoms with van der Waals surface area (Å²) in [7, 11) is 0. The molecule has 0 aliphatic rings. The topological polar surface area (TPSA) is 61.0 Å². The number of ether oxygens (including phenoxy) is 1. The van der Waals surface area contributed by atoms with Gasteiger partial charge in [-0.1, -0.05) is 13.0 Å². The van der Waals surface area contributed by atoms with Crippen molar-refractivity contribution in [3.8, 4) is 10.9 Å². The molecule has 0 radical (unpaired) electrons. The van der Waals surface area contributed by atoms with Crippen LogP contribution in [0.1, 0.15) is 24.7 Å². The van der Waals surface area contributed by atoms with Crippen LogP contribution in [0.4, 0.5) is 5.69 Å². The molecule has 2 N–H and O–H groups in total. The largest absolute Gasteiger partial charge is 0.430 e. The number of aryl methyl sites for hydroxylation is 2. The van der Waals surface area contributed by atoms with Crippen LogP contribution in [0.15, 0.2) is 18.2 Å². The van der Waals surface area contributed by atoms with Crippen LogP contribution < -0.4 is 10.5 Å². The standard InChI is InChI=1S/C12H15N3OS/c1-3-4-11-14-12(17-15-11)16-9-6-5-8(2)10(13)7-9/h5-7H,3-4,13H2,1-2H3. The fourth-order valence-electron chi connectivity index (χ4n) is 1.39. The second-order valence-corrected chi connectivity index (χ2v) is 4.56. The highest BCUT2D eigenvalue weighted by atomic mass is 32.1. The van der Waals surface area contributed by atoms with E-state index < -0.39 is 0 Å². The van der Waals surface area contributed by atoms with Crippen molar-refractivity contribution in [2.75, 3.05) is 5.73 Å². The predicted molar refractivity (Wildman–Crippen MR) is 69.6 cm³/mol. The highest BCUT2D eigenvalue weighted by Crippen LogP contribution is 2.26. The Bertz CT molecular complexity index is 510. The Labute approximate surface area is 105 Å². The first-order chi connectivity index (χ1) is 8.19. The lowest BCUT2D eigenvalue weighted by Gasteiger charge is -2.04. The first-order valence-electron chi connectivity index (χ1n) is 5.55. The van der Waals surface area contributed by atoms with Gasteiger partial charge < -0.3 is 10.5 Å². The zero-order valence-electron chi connectivity index (χ0n) is 9.93. The fraction of sp³-hybridized carbons (Fsp3) is 0.333. The molecule has 1 aromatic heterocycles. The lowest BCUT2D eigenvalue weighted by Crippen LogP contribution is -1.91. The molecule has 0 aliphatic carbocycles. The third-order valence-electron chi connectivity index (χ3n) is 2.38. The number of benzene rings is 1. The van der Waals surface area contributed by atoms with Crippen molar-refractivity contribution < 1.29 is 4.74 Å². The molecule has 1 aromatic carbocycles. The minimum absolute atomic E-state index is 0.566. The van der Waals surface area contributed by atoms with E-state index in [0.717, 1.165) is 29.9 Å². The SMILES string of the molecule is CCCc1nsc(Oc2ccc(C)c(N)c2)n1. The third kappa shape index (κ3) is 2.94. The molecule has 0 aliphatic heterocycles. The molecule has 0 unspecified atom stereocenters. The van der Waals surface area contributed by atoms with Crippen LogP contribution in [0.2, 0.25) is 0 Å². The van der Waals surface area contributed by atoms with E-state index in [1.807, 2.05) is 19.1 Å². The Balaban J connectivity index is 2.11. The molecule has 0 amide bonds. The van der Waals surface area contributed by atoms with Crippen LogP contribution in [0.25, 0.3) is 0 Å². The van der Waals surface area contributed by atoms with Gasteiger partial charge in [0.25, 0.3) is 5.19 Å². The van der Waals surface area contributed by atoms with E-state index in [1.54, 1.807) is 6.07 Å². The van der Waals surface area contributed by atoms with E-state index >= 15 is 0 Å². The molecule has 1 heterocycles. The molecule has 0 saturated heterocycles. The normalized spacial score (nSPS) is 10.5. The quantitative estimate of drug-likeness (QED) is 0.845. The molecule has 2 aromatic rings. The van der Waals surface area contributed by atoms with E-state index in [-0.39, 0.29) is 0 Å². The van der Waals surface area contributed by atoms with Crippen molar-refractivity contribution >= 4 is 17.2 Å². The molecule has 0 fully saturated rings. The molecule has 2 rings (SSSR count). The number of nitrogen functional groups attached to an aromatic ring is 1. The second kappa shape index (κ2) is 5.14. The van der Waals surface area contributed by atoms with E-state index in [1.165, 1.54) is 11.5 Å². The van der Waals surface area contributed by atoms with E-state index in [2.05, 4.69) is 16.3 Å². The highest BCUT2D eigenvalue weighted by molar-refractivity contribution is 7.07. The van der Waals surface area contributed by atoms with Crippen LogP contribution in [0.3, 0.4) is 0 Å². The van der Waals surface area contributed by atoms with Gasteiger partial charge >= 0.3 is 0 Å². The molecule has 90 valence electrons. The first kappa shape index (κ1) is 11.9. The summed E-state index contributed by atoms with van der Waals surface area (Å²) in [4.78, 5) is 4.29. The monoisotopic (exact) mass is 249 g/mol. The molecule has 0 spiro atoms. The Morgan fingerprint density at radius 2 is 2.24 bits per heavy atom. The average molecular weight is 249 g/mol. The second-order valence-electron chi connectivity index (χ2n) is 3.85. The van der Waals surface area contributed by atoms with Gasteiger partial charge in [0.2, 0.25) is 0 Å². The molecule has 0 saturated carbocycles. The van der Waals surface area contributed by atoms with Crippen LogP contribution in [-0.4, -0.2) is 9.36 Å². The van der Waals surface area contributed by atoms with Crippen molar-refractivity contribution in [1.29, 1.82) is 0 Å². The number of nitrogens with two attached hydrogens (primary N) is 1. The van der Waals surface area contributed by atoms with Gasteiger partial charge in [0.1, 0.15) is 11.6 Å². The summed E-state index contributed by atoms with van der Waals surface area (Å²) < 4.78 is 9.82. The molecule has 0 bridgehead atoms. The Kier molecular flexibility index (Phi) is 3.58. The molecular weight excluding hydrogens is 234 g/mol. The molecule has 5 heteroatoms. The maximum Gasteiger partial charge on any atom is 0.298 e. The summed E-state index contributed by atoms with van der Waals surface area (Å²) in [5.74, 6) is 1.54. The Hall–Kier alpha value is -1.62. The number of rotatable bonds is 4. The summed E-state index contributed by atoms with van der Waals surface area (Å²) in [5, 5.41) is 0.566. The Morgan fingerprint density at radius 3 is 2.94 bits per heavy atom. The van der Waals surface area contributed by atoms with Crippen molar-refractivity contribution in [2.45, 2.75) is 26.7 Å². The summed E-state index contributed by atoms with van der Waals surface area (Å²) in [6, 6.07) is 5.61. The minimum Gasteiger partial charge on any atom is -0.430 e. The summed E-state index contributed by atoms with van der Waals surface area (Å²) in [5.41, 5.74) is 7.58. The van der Waals surface area contributed by atoms with E-state index in [0.29, 0.717) is 10.9 Å². The van der Waals surface area contributed by atoms with E-state index in [9.17, 15) is 0 Å². The number of aromatic nitrogens is 2. The molecule has 0 atom stereocenters. The smallest absolute Gasteiger partial charge is 0.298 e. The van der Waals surface area contributed by atoms with Gasteiger partial charge in [-0.25, -0.2) is 0 Å². The van der Waals surface area contributed by atoms with Crippen LogP contribution >= 0.6 is 11.5 Å². The average Bonchev–Trinajstić information content (AvgIpc) is 2.72. The summed E-state index contributed by atoms with van der Waals surface area (Å²) in [6.45, 7) is 4.06. The lowest BCUT2D eigenvalue weighted by molar-refractivity contribution is 0.477. The minimum atomic E-state index is 0.566. The predicted octanol–water partition coefficient (Wildman–Crippen LogP) is 3.17. The van der Waals surface area contributed by atoms with Crippen molar-refractivity contribution in [3.05, 3.63) is 29.6 Å². The number of hydrogen-bond acceptors (Lipinski definition) is 5. The Morgan fingerprint density at radius 1 is 1.41 bits per heavy atom. The number of anilines is 1. The van der Waals surface area contributed by atoms with Gasteiger partial charge in [-0.2, -0.15) is 9.36 Å².